The monoisotopic (exact) mass is 297 g/mol. The number of nitrogens with zero attached hydrogens (tertiary/aromatic N) is 2. The Kier molecular flexibility index (Phi) is 4.34. The van der Waals surface area contributed by atoms with E-state index in [-0.39, 0.29) is 17.8 Å². The van der Waals surface area contributed by atoms with Crippen molar-refractivity contribution in [2.75, 3.05) is 5.32 Å². The van der Waals surface area contributed by atoms with Crippen LogP contribution in [0, 0.1) is 21.4 Å². The molecule has 0 amide bonds. The van der Waals surface area contributed by atoms with Gasteiger partial charge >= 0.3 is 5.97 Å². The number of carboxylic acids is 1. The number of anilines is 1. The van der Waals surface area contributed by atoms with Crippen LogP contribution < -0.4 is 5.32 Å². The Bertz CT molecular complexity index is 781. The summed E-state index contributed by atoms with van der Waals surface area (Å²) >= 11 is 0. The summed E-state index contributed by atoms with van der Waals surface area (Å²) in [5, 5.41) is 31.7. The summed E-state index contributed by atoms with van der Waals surface area (Å²) in [6.45, 7) is 0.144. The van der Waals surface area contributed by atoms with Crippen molar-refractivity contribution in [3.63, 3.8) is 0 Å². The normalized spacial score (nSPS) is 9.77. The van der Waals surface area contributed by atoms with Gasteiger partial charge in [0.1, 0.15) is 0 Å². The minimum absolute atomic E-state index is 0.137. The number of hydrogen-bond donors (Lipinski definition) is 2. The lowest BCUT2D eigenvalue weighted by molar-refractivity contribution is -0.385. The highest BCUT2D eigenvalue weighted by Crippen LogP contribution is 2.22. The summed E-state index contributed by atoms with van der Waals surface area (Å²) in [5.74, 6) is -1.22. The molecular formula is C15H11N3O4. The summed E-state index contributed by atoms with van der Waals surface area (Å²) in [7, 11) is 0. The Morgan fingerprint density at radius 1 is 1.32 bits per heavy atom. The van der Waals surface area contributed by atoms with Crippen molar-refractivity contribution in [1.29, 1.82) is 5.26 Å². The third-order valence-corrected chi connectivity index (χ3v) is 3.00. The van der Waals surface area contributed by atoms with Gasteiger partial charge in [0.15, 0.2) is 0 Å². The van der Waals surface area contributed by atoms with E-state index in [0.29, 0.717) is 16.8 Å². The van der Waals surface area contributed by atoms with Crippen molar-refractivity contribution in [2.45, 2.75) is 6.54 Å². The summed E-state index contributed by atoms with van der Waals surface area (Å²) in [5.41, 5.74) is 1.08. The molecule has 0 aliphatic heterocycles. The maximum Gasteiger partial charge on any atom is 0.335 e. The van der Waals surface area contributed by atoms with Crippen LogP contribution in [0.4, 0.5) is 11.4 Å². The number of nitro groups is 1. The zero-order valence-electron chi connectivity index (χ0n) is 11.3. The van der Waals surface area contributed by atoms with Crippen LogP contribution in [-0.4, -0.2) is 16.0 Å². The van der Waals surface area contributed by atoms with E-state index in [4.69, 9.17) is 10.4 Å². The molecule has 2 aromatic carbocycles. The van der Waals surface area contributed by atoms with Gasteiger partial charge in [-0.15, -0.1) is 0 Å². The number of carbonyl (C=O) groups is 1. The van der Waals surface area contributed by atoms with Gasteiger partial charge in [0.25, 0.3) is 5.69 Å². The fourth-order valence-corrected chi connectivity index (χ4v) is 1.91. The van der Waals surface area contributed by atoms with E-state index in [2.05, 4.69) is 5.32 Å². The second-order valence-electron chi connectivity index (χ2n) is 4.45. The molecular weight excluding hydrogens is 286 g/mol. The topological polar surface area (TPSA) is 116 Å². The van der Waals surface area contributed by atoms with Crippen LogP contribution in [0.5, 0.6) is 0 Å². The summed E-state index contributed by atoms with van der Waals surface area (Å²) in [4.78, 5) is 21.3. The molecule has 0 spiro atoms. The smallest absolute Gasteiger partial charge is 0.335 e. The van der Waals surface area contributed by atoms with Crippen molar-refractivity contribution in [3.05, 3.63) is 69.3 Å². The Morgan fingerprint density at radius 3 is 2.73 bits per heavy atom. The van der Waals surface area contributed by atoms with Gasteiger partial charge in [-0.25, -0.2) is 4.79 Å². The number of rotatable bonds is 5. The molecule has 2 aromatic rings. The van der Waals surface area contributed by atoms with E-state index in [0.717, 1.165) is 6.07 Å². The molecule has 0 saturated carbocycles. The van der Waals surface area contributed by atoms with E-state index in [9.17, 15) is 14.9 Å². The van der Waals surface area contributed by atoms with Crippen LogP contribution in [0.1, 0.15) is 21.5 Å². The van der Waals surface area contributed by atoms with Gasteiger partial charge in [-0.05, 0) is 30.3 Å². The van der Waals surface area contributed by atoms with Crippen LogP contribution in [-0.2, 0) is 6.54 Å². The maximum absolute atomic E-state index is 11.1. The first-order valence-corrected chi connectivity index (χ1v) is 6.26. The summed E-state index contributed by atoms with van der Waals surface area (Å²) in [6.07, 6.45) is 0. The van der Waals surface area contributed by atoms with Crippen molar-refractivity contribution >= 4 is 17.3 Å². The highest BCUT2D eigenvalue weighted by molar-refractivity contribution is 5.88. The van der Waals surface area contributed by atoms with E-state index in [1.54, 1.807) is 24.3 Å². The minimum Gasteiger partial charge on any atom is -0.478 e. The van der Waals surface area contributed by atoms with Crippen LogP contribution in [0.15, 0.2) is 42.5 Å². The fraction of sp³-hybridized carbons (Fsp3) is 0.0667. The molecule has 0 unspecified atom stereocenters. The first-order valence-electron chi connectivity index (χ1n) is 6.26. The molecule has 0 atom stereocenters. The highest BCUT2D eigenvalue weighted by atomic mass is 16.6. The lowest BCUT2D eigenvalue weighted by Gasteiger charge is -2.08. The van der Waals surface area contributed by atoms with Crippen molar-refractivity contribution in [1.82, 2.24) is 0 Å². The second kappa shape index (κ2) is 6.37. The molecule has 0 aliphatic carbocycles. The molecule has 7 heteroatoms. The SMILES string of the molecule is N#Cc1cccc(NCc2ccc(C(=O)O)cc2[N+](=O)[O-])c1. The number of aromatic carboxylic acids is 1. The lowest BCUT2D eigenvalue weighted by atomic mass is 10.1. The van der Waals surface area contributed by atoms with Gasteiger partial charge in [0.05, 0.1) is 22.1 Å². The Balaban J connectivity index is 2.24. The number of nitriles is 1. The molecule has 0 bridgehead atoms. The molecule has 2 N–H and O–H groups in total. The molecule has 2 rings (SSSR count). The predicted molar refractivity (Wildman–Crippen MR) is 78.5 cm³/mol. The average Bonchev–Trinajstić information content (AvgIpc) is 2.52. The zero-order valence-corrected chi connectivity index (χ0v) is 11.3. The van der Waals surface area contributed by atoms with Crippen LogP contribution in [0.3, 0.4) is 0 Å². The maximum atomic E-state index is 11.1. The Morgan fingerprint density at radius 2 is 2.09 bits per heavy atom. The van der Waals surface area contributed by atoms with Gasteiger partial charge in [0.2, 0.25) is 0 Å². The van der Waals surface area contributed by atoms with Gasteiger partial charge in [0, 0.05) is 23.9 Å². The molecule has 7 nitrogen and oxygen atoms in total. The molecule has 0 fully saturated rings. The van der Waals surface area contributed by atoms with Gasteiger partial charge in [-0.1, -0.05) is 6.07 Å². The van der Waals surface area contributed by atoms with Crippen LogP contribution in [0.2, 0.25) is 0 Å². The van der Waals surface area contributed by atoms with Crippen molar-refractivity contribution < 1.29 is 14.8 Å². The number of hydrogen-bond acceptors (Lipinski definition) is 5. The highest BCUT2D eigenvalue weighted by Gasteiger charge is 2.16. The molecule has 0 radical (unpaired) electrons. The number of nitrogens with one attached hydrogen (secondary N) is 1. The molecule has 0 saturated heterocycles. The quantitative estimate of drug-likeness (QED) is 0.647. The number of carboxylic acid groups (broad SMARTS) is 1. The number of benzene rings is 2. The average molecular weight is 297 g/mol. The van der Waals surface area contributed by atoms with Gasteiger partial charge in [-0.2, -0.15) is 5.26 Å². The summed E-state index contributed by atoms with van der Waals surface area (Å²) < 4.78 is 0. The third-order valence-electron chi connectivity index (χ3n) is 3.00. The van der Waals surface area contributed by atoms with E-state index in [1.807, 2.05) is 6.07 Å². The molecule has 0 aromatic heterocycles. The number of nitro benzene ring substituents is 1. The first-order chi connectivity index (χ1) is 10.5. The van der Waals surface area contributed by atoms with E-state index < -0.39 is 10.9 Å². The Labute approximate surface area is 125 Å². The van der Waals surface area contributed by atoms with Crippen molar-refractivity contribution in [3.8, 4) is 6.07 Å². The Hall–Kier alpha value is -3.40. The zero-order chi connectivity index (χ0) is 16.1. The fourth-order valence-electron chi connectivity index (χ4n) is 1.91. The van der Waals surface area contributed by atoms with Crippen LogP contribution >= 0.6 is 0 Å². The lowest BCUT2D eigenvalue weighted by Crippen LogP contribution is -2.05. The molecule has 0 heterocycles. The molecule has 110 valence electrons. The predicted octanol–water partition coefficient (Wildman–Crippen LogP) is 2.78. The van der Waals surface area contributed by atoms with Crippen LogP contribution in [0.25, 0.3) is 0 Å². The first kappa shape index (κ1) is 15.0. The molecule has 0 aliphatic rings. The second-order valence-corrected chi connectivity index (χ2v) is 4.45. The minimum atomic E-state index is -1.22. The summed E-state index contributed by atoms with van der Waals surface area (Å²) in [6, 6.07) is 12.5. The van der Waals surface area contributed by atoms with Gasteiger partial charge < -0.3 is 10.4 Å². The third kappa shape index (κ3) is 3.37. The molecule has 22 heavy (non-hydrogen) atoms. The van der Waals surface area contributed by atoms with Gasteiger partial charge in [-0.3, -0.25) is 10.1 Å². The van der Waals surface area contributed by atoms with Crippen molar-refractivity contribution in [2.24, 2.45) is 0 Å². The van der Waals surface area contributed by atoms with E-state index >= 15 is 0 Å². The largest absolute Gasteiger partial charge is 0.478 e. The standard InChI is InChI=1S/C15H11N3O4/c16-8-10-2-1-3-13(6-10)17-9-12-5-4-11(15(19)20)7-14(12)18(21)22/h1-7,17H,9H2,(H,19,20). The van der Waals surface area contributed by atoms with E-state index in [1.165, 1.54) is 12.1 Å².